The van der Waals surface area contributed by atoms with Crippen molar-refractivity contribution in [3.8, 4) is 0 Å². The van der Waals surface area contributed by atoms with Crippen molar-refractivity contribution in [2.75, 3.05) is 6.54 Å². The summed E-state index contributed by atoms with van der Waals surface area (Å²) in [6.45, 7) is 7.04. The Bertz CT molecular complexity index is 351. The first kappa shape index (κ1) is 13.6. The van der Waals surface area contributed by atoms with E-state index in [0.717, 1.165) is 5.69 Å². The summed E-state index contributed by atoms with van der Waals surface area (Å²) < 4.78 is 0. The van der Waals surface area contributed by atoms with Gasteiger partial charge in [-0.2, -0.15) is 0 Å². The predicted molar refractivity (Wildman–Crippen MR) is 68.1 cm³/mol. The molecule has 4 nitrogen and oxygen atoms in total. The van der Waals surface area contributed by atoms with Crippen LogP contribution in [0.1, 0.15) is 26.5 Å². The van der Waals surface area contributed by atoms with Gasteiger partial charge in [0.25, 0.3) is 0 Å². The molecule has 1 aromatic rings. The molecule has 0 saturated heterocycles. The highest BCUT2D eigenvalue weighted by Crippen LogP contribution is 2.07. The summed E-state index contributed by atoms with van der Waals surface area (Å²) in [5.41, 5.74) is 6.77. The molecule has 94 valence electrons. The number of pyridine rings is 1. The number of hydrogen-bond acceptors (Lipinski definition) is 3. The van der Waals surface area contributed by atoms with Crippen LogP contribution in [0.2, 0.25) is 0 Å². The highest BCUT2D eigenvalue weighted by Gasteiger charge is 2.22. The smallest absolute Gasteiger partial charge is 0.240 e. The Hall–Kier alpha value is -1.42. The van der Waals surface area contributed by atoms with Crippen LogP contribution in [0.4, 0.5) is 0 Å². The number of hydrogen-bond donors (Lipinski definition) is 1. The van der Waals surface area contributed by atoms with Crippen molar-refractivity contribution in [2.24, 2.45) is 11.7 Å². The molecule has 0 bridgehead atoms. The predicted octanol–water partition coefficient (Wildman–Crippen LogP) is 1.41. The van der Waals surface area contributed by atoms with Crippen LogP contribution in [-0.4, -0.2) is 28.4 Å². The molecule has 2 N–H and O–H groups in total. The van der Waals surface area contributed by atoms with E-state index in [1.165, 1.54) is 0 Å². The molecule has 0 fully saturated rings. The second-order valence-corrected chi connectivity index (χ2v) is 4.44. The molecular formula is C13H21N3O. The number of amides is 1. The molecule has 0 radical (unpaired) electrons. The summed E-state index contributed by atoms with van der Waals surface area (Å²) in [5, 5.41) is 0. The number of nitrogens with two attached hydrogens (primary N) is 1. The van der Waals surface area contributed by atoms with Crippen LogP contribution in [0.5, 0.6) is 0 Å². The lowest BCUT2D eigenvalue weighted by molar-refractivity contribution is -0.134. The van der Waals surface area contributed by atoms with Gasteiger partial charge in [-0.3, -0.25) is 9.78 Å². The zero-order valence-electron chi connectivity index (χ0n) is 10.8. The molecule has 0 aromatic carbocycles. The van der Waals surface area contributed by atoms with Gasteiger partial charge in [0.2, 0.25) is 5.91 Å². The minimum atomic E-state index is -0.432. The van der Waals surface area contributed by atoms with Gasteiger partial charge in [-0.25, -0.2) is 0 Å². The fourth-order valence-electron chi connectivity index (χ4n) is 1.53. The van der Waals surface area contributed by atoms with E-state index in [-0.39, 0.29) is 11.8 Å². The Labute approximate surface area is 103 Å². The Balaban J connectivity index is 2.69. The maximum absolute atomic E-state index is 12.1. The van der Waals surface area contributed by atoms with Crippen LogP contribution in [0.3, 0.4) is 0 Å². The molecule has 1 amide bonds. The molecule has 0 unspecified atom stereocenters. The summed E-state index contributed by atoms with van der Waals surface area (Å²) in [4.78, 5) is 18.1. The number of aromatic nitrogens is 1. The van der Waals surface area contributed by atoms with Crippen LogP contribution in [0, 0.1) is 5.92 Å². The van der Waals surface area contributed by atoms with Gasteiger partial charge in [-0.1, -0.05) is 19.9 Å². The third kappa shape index (κ3) is 3.82. The standard InChI is InChI=1S/C13H21N3O/c1-4-16(13(17)12(14)10(2)3)9-11-7-5-6-8-15-11/h5-8,10,12H,4,9,14H2,1-3H3/t12-/m0/s1. The average molecular weight is 235 g/mol. The first-order valence-electron chi connectivity index (χ1n) is 6.00. The maximum Gasteiger partial charge on any atom is 0.240 e. The topological polar surface area (TPSA) is 59.2 Å². The Morgan fingerprint density at radius 3 is 2.65 bits per heavy atom. The van der Waals surface area contributed by atoms with Gasteiger partial charge >= 0.3 is 0 Å². The van der Waals surface area contributed by atoms with Crippen molar-refractivity contribution in [2.45, 2.75) is 33.4 Å². The normalized spacial score (nSPS) is 12.5. The van der Waals surface area contributed by atoms with Crippen LogP contribution in [-0.2, 0) is 11.3 Å². The lowest BCUT2D eigenvalue weighted by atomic mass is 10.0. The van der Waals surface area contributed by atoms with Crippen molar-refractivity contribution < 1.29 is 4.79 Å². The van der Waals surface area contributed by atoms with Crippen molar-refractivity contribution >= 4 is 5.91 Å². The number of carbonyl (C=O) groups is 1. The average Bonchev–Trinajstić information content (AvgIpc) is 2.35. The molecule has 0 saturated carbocycles. The van der Waals surface area contributed by atoms with Crippen molar-refractivity contribution in [3.63, 3.8) is 0 Å². The molecule has 4 heteroatoms. The van der Waals surface area contributed by atoms with E-state index < -0.39 is 6.04 Å². The summed E-state index contributed by atoms with van der Waals surface area (Å²) in [7, 11) is 0. The van der Waals surface area contributed by atoms with E-state index in [2.05, 4.69) is 4.98 Å². The second kappa shape index (κ2) is 6.35. The van der Waals surface area contributed by atoms with E-state index in [0.29, 0.717) is 13.1 Å². The molecule has 1 rings (SSSR count). The van der Waals surface area contributed by atoms with E-state index in [4.69, 9.17) is 5.73 Å². The summed E-state index contributed by atoms with van der Waals surface area (Å²) in [5.74, 6) is 0.147. The Kier molecular flexibility index (Phi) is 5.10. The first-order valence-corrected chi connectivity index (χ1v) is 6.00. The van der Waals surface area contributed by atoms with E-state index in [1.807, 2.05) is 39.0 Å². The fraction of sp³-hybridized carbons (Fsp3) is 0.538. The van der Waals surface area contributed by atoms with E-state index in [1.54, 1.807) is 11.1 Å². The van der Waals surface area contributed by atoms with Crippen molar-refractivity contribution in [3.05, 3.63) is 30.1 Å². The molecule has 17 heavy (non-hydrogen) atoms. The number of nitrogens with zero attached hydrogens (tertiary/aromatic N) is 2. The third-order valence-electron chi connectivity index (χ3n) is 2.78. The third-order valence-corrected chi connectivity index (χ3v) is 2.78. The molecular weight excluding hydrogens is 214 g/mol. The zero-order chi connectivity index (χ0) is 12.8. The van der Waals surface area contributed by atoms with Gasteiger partial charge in [0.05, 0.1) is 18.3 Å². The number of carbonyl (C=O) groups excluding carboxylic acids is 1. The van der Waals surface area contributed by atoms with Gasteiger partial charge in [0, 0.05) is 12.7 Å². The lowest BCUT2D eigenvalue weighted by Crippen LogP contribution is -2.46. The fourth-order valence-corrected chi connectivity index (χ4v) is 1.53. The monoisotopic (exact) mass is 235 g/mol. The molecule has 1 heterocycles. The second-order valence-electron chi connectivity index (χ2n) is 4.44. The molecule has 0 spiro atoms. The van der Waals surface area contributed by atoms with Gasteiger partial charge in [-0.05, 0) is 25.0 Å². The molecule has 0 aliphatic rings. The first-order chi connectivity index (χ1) is 8.06. The van der Waals surface area contributed by atoms with Crippen LogP contribution >= 0.6 is 0 Å². The van der Waals surface area contributed by atoms with Crippen molar-refractivity contribution in [1.29, 1.82) is 0 Å². The molecule has 1 atom stereocenters. The lowest BCUT2D eigenvalue weighted by Gasteiger charge is -2.25. The maximum atomic E-state index is 12.1. The quantitative estimate of drug-likeness (QED) is 0.839. The summed E-state index contributed by atoms with van der Waals surface area (Å²) >= 11 is 0. The summed E-state index contributed by atoms with van der Waals surface area (Å²) in [6.07, 6.45) is 1.73. The minimum absolute atomic E-state index is 0.00634. The van der Waals surface area contributed by atoms with E-state index >= 15 is 0 Å². The van der Waals surface area contributed by atoms with Gasteiger partial charge < -0.3 is 10.6 Å². The molecule has 0 aliphatic carbocycles. The van der Waals surface area contributed by atoms with Crippen LogP contribution < -0.4 is 5.73 Å². The van der Waals surface area contributed by atoms with Crippen LogP contribution in [0.25, 0.3) is 0 Å². The largest absolute Gasteiger partial charge is 0.336 e. The molecule has 1 aromatic heterocycles. The highest BCUT2D eigenvalue weighted by atomic mass is 16.2. The zero-order valence-corrected chi connectivity index (χ0v) is 10.8. The highest BCUT2D eigenvalue weighted by molar-refractivity contribution is 5.81. The summed E-state index contributed by atoms with van der Waals surface area (Å²) in [6, 6.07) is 5.26. The molecule has 0 aliphatic heterocycles. The van der Waals surface area contributed by atoms with E-state index in [9.17, 15) is 4.79 Å². The van der Waals surface area contributed by atoms with Crippen molar-refractivity contribution in [1.82, 2.24) is 9.88 Å². The Morgan fingerprint density at radius 1 is 1.47 bits per heavy atom. The number of rotatable bonds is 5. The van der Waals surface area contributed by atoms with Gasteiger partial charge in [0.1, 0.15) is 0 Å². The van der Waals surface area contributed by atoms with Gasteiger partial charge in [-0.15, -0.1) is 0 Å². The Morgan fingerprint density at radius 2 is 2.18 bits per heavy atom. The SMILES string of the molecule is CCN(Cc1ccccn1)C(=O)[C@@H](N)C(C)C. The number of likely N-dealkylation sites (N-methyl/N-ethyl adjacent to an activating group) is 1. The van der Waals surface area contributed by atoms with Crippen LogP contribution in [0.15, 0.2) is 24.4 Å². The minimum Gasteiger partial charge on any atom is -0.336 e. The van der Waals surface area contributed by atoms with Gasteiger partial charge in [0.15, 0.2) is 0 Å².